The number of ether oxygens (including phenoxy) is 2. The maximum atomic E-state index is 13.8. The van der Waals surface area contributed by atoms with Gasteiger partial charge in [-0.3, -0.25) is 9.69 Å². The van der Waals surface area contributed by atoms with E-state index in [4.69, 9.17) is 9.47 Å². The molecule has 2 aliphatic rings. The first-order chi connectivity index (χ1) is 13.6. The Hall–Kier alpha value is -2.67. The lowest BCUT2D eigenvalue weighted by Gasteiger charge is -2.25. The van der Waals surface area contributed by atoms with Gasteiger partial charge in [-0.2, -0.15) is 0 Å². The zero-order valence-corrected chi connectivity index (χ0v) is 15.4. The summed E-state index contributed by atoms with van der Waals surface area (Å²) >= 11 is 0. The molecular formula is C21H22F2N2O3. The van der Waals surface area contributed by atoms with Gasteiger partial charge in [-0.1, -0.05) is 6.07 Å². The number of amides is 1. The number of fused-ring (bicyclic) bond motifs is 1. The van der Waals surface area contributed by atoms with Gasteiger partial charge < -0.3 is 14.8 Å². The third kappa shape index (κ3) is 4.09. The van der Waals surface area contributed by atoms with E-state index in [9.17, 15) is 13.6 Å². The summed E-state index contributed by atoms with van der Waals surface area (Å²) in [6, 6.07) is 8.97. The molecule has 0 aliphatic carbocycles. The van der Waals surface area contributed by atoms with Crippen molar-refractivity contribution < 1.29 is 23.0 Å². The van der Waals surface area contributed by atoms with Crippen molar-refractivity contribution in [3.8, 4) is 11.5 Å². The van der Waals surface area contributed by atoms with Crippen LogP contribution >= 0.6 is 0 Å². The number of carbonyl (C=O) groups excluding carboxylic acids is 1. The topological polar surface area (TPSA) is 50.8 Å². The first-order valence-corrected chi connectivity index (χ1v) is 9.48. The van der Waals surface area contributed by atoms with Crippen molar-refractivity contribution >= 4 is 11.6 Å². The molecule has 0 unspecified atom stereocenters. The van der Waals surface area contributed by atoms with E-state index in [-0.39, 0.29) is 24.2 Å². The molecule has 1 fully saturated rings. The van der Waals surface area contributed by atoms with Gasteiger partial charge in [0.05, 0.1) is 25.4 Å². The summed E-state index contributed by atoms with van der Waals surface area (Å²) in [5.74, 6) is -0.150. The second-order valence-electron chi connectivity index (χ2n) is 7.06. The van der Waals surface area contributed by atoms with Crippen LogP contribution in [0.1, 0.15) is 30.9 Å². The first-order valence-electron chi connectivity index (χ1n) is 9.48. The minimum absolute atomic E-state index is 0.0697. The van der Waals surface area contributed by atoms with E-state index < -0.39 is 11.6 Å². The number of benzene rings is 2. The molecule has 2 aromatic rings. The molecule has 28 heavy (non-hydrogen) atoms. The monoisotopic (exact) mass is 388 g/mol. The third-order valence-corrected chi connectivity index (χ3v) is 5.07. The minimum Gasteiger partial charge on any atom is -0.490 e. The zero-order chi connectivity index (χ0) is 19.5. The number of rotatable bonds is 4. The van der Waals surface area contributed by atoms with E-state index in [0.29, 0.717) is 13.2 Å². The van der Waals surface area contributed by atoms with Crippen molar-refractivity contribution in [2.24, 2.45) is 0 Å². The maximum Gasteiger partial charge on any atom is 0.238 e. The quantitative estimate of drug-likeness (QED) is 0.863. The average molecular weight is 388 g/mol. The molecule has 1 amide bonds. The molecule has 0 saturated carbocycles. The summed E-state index contributed by atoms with van der Waals surface area (Å²) in [7, 11) is 0. The maximum absolute atomic E-state index is 13.8. The van der Waals surface area contributed by atoms with E-state index in [0.717, 1.165) is 61.1 Å². The minimum atomic E-state index is -0.657. The van der Waals surface area contributed by atoms with Crippen LogP contribution in [0.3, 0.4) is 0 Å². The largest absolute Gasteiger partial charge is 0.490 e. The molecule has 2 aromatic carbocycles. The summed E-state index contributed by atoms with van der Waals surface area (Å²) in [4.78, 5) is 14.4. The Morgan fingerprint density at radius 3 is 2.75 bits per heavy atom. The highest BCUT2D eigenvalue weighted by Gasteiger charge is 2.28. The molecule has 1 N–H and O–H groups in total. The Labute approximate surface area is 162 Å². The van der Waals surface area contributed by atoms with E-state index in [2.05, 4.69) is 5.32 Å². The second kappa shape index (κ2) is 8.14. The third-order valence-electron chi connectivity index (χ3n) is 5.07. The SMILES string of the molecule is O=C(CN1CCC[C@H]1c1ccc2c(c1)OCCCO2)Nc1cc(F)ccc1F. The molecular weight excluding hydrogens is 366 g/mol. The molecule has 148 valence electrons. The normalized spacial score (nSPS) is 19.3. The van der Waals surface area contributed by atoms with Gasteiger partial charge in [0.15, 0.2) is 11.5 Å². The van der Waals surface area contributed by atoms with Crippen molar-refractivity contribution in [2.45, 2.75) is 25.3 Å². The molecule has 0 radical (unpaired) electrons. The van der Waals surface area contributed by atoms with Crippen molar-refractivity contribution in [3.63, 3.8) is 0 Å². The molecule has 1 saturated heterocycles. The summed E-state index contributed by atoms with van der Waals surface area (Å²) in [6.45, 7) is 2.12. The number of nitrogens with one attached hydrogen (secondary N) is 1. The van der Waals surface area contributed by atoms with Gasteiger partial charge in [0.25, 0.3) is 0 Å². The van der Waals surface area contributed by atoms with Gasteiger partial charge >= 0.3 is 0 Å². The van der Waals surface area contributed by atoms with Crippen molar-refractivity contribution in [2.75, 3.05) is 31.6 Å². The molecule has 0 aromatic heterocycles. The Balaban J connectivity index is 1.45. The van der Waals surface area contributed by atoms with Gasteiger partial charge in [-0.15, -0.1) is 0 Å². The smallest absolute Gasteiger partial charge is 0.238 e. The van der Waals surface area contributed by atoms with Crippen LogP contribution in [0.5, 0.6) is 11.5 Å². The van der Waals surface area contributed by atoms with Gasteiger partial charge in [0, 0.05) is 18.5 Å². The van der Waals surface area contributed by atoms with Crippen LogP contribution in [-0.4, -0.2) is 37.1 Å². The Morgan fingerprint density at radius 2 is 1.89 bits per heavy atom. The predicted octanol–water partition coefficient (Wildman–Crippen LogP) is 3.90. The van der Waals surface area contributed by atoms with E-state index in [1.54, 1.807) is 0 Å². The number of carbonyl (C=O) groups is 1. The fraction of sp³-hybridized carbons (Fsp3) is 0.381. The van der Waals surface area contributed by atoms with Crippen LogP contribution in [0.15, 0.2) is 36.4 Å². The number of likely N-dealkylation sites (tertiary alicyclic amines) is 1. The van der Waals surface area contributed by atoms with Gasteiger partial charge in [-0.05, 0) is 49.2 Å². The Morgan fingerprint density at radius 1 is 1.07 bits per heavy atom. The fourth-order valence-corrected chi connectivity index (χ4v) is 3.75. The van der Waals surface area contributed by atoms with Gasteiger partial charge in [0.1, 0.15) is 11.6 Å². The molecule has 2 aliphatic heterocycles. The molecule has 2 heterocycles. The standard InChI is InChI=1S/C21H22F2N2O3/c22-15-5-6-16(23)17(12-15)24-21(26)13-25-8-1-3-18(25)14-4-7-19-20(11-14)28-10-2-9-27-19/h4-7,11-12,18H,1-3,8-10,13H2,(H,24,26)/t18-/m0/s1. The number of halogens is 2. The number of hydrogen-bond donors (Lipinski definition) is 1. The molecule has 0 spiro atoms. The molecule has 1 atom stereocenters. The van der Waals surface area contributed by atoms with E-state index in [1.807, 2.05) is 23.1 Å². The van der Waals surface area contributed by atoms with Crippen LogP contribution in [0.4, 0.5) is 14.5 Å². The van der Waals surface area contributed by atoms with Crippen molar-refractivity contribution in [1.29, 1.82) is 0 Å². The van der Waals surface area contributed by atoms with Crippen LogP contribution in [0, 0.1) is 11.6 Å². The zero-order valence-electron chi connectivity index (χ0n) is 15.4. The summed E-state index contributed by atoms with van der Waals surface area (Å²) < 4.78 is 38.5. The fourth-order valence-electron chi connectivity index (χ4n) is 3.75. The highest BCUT2D eigenvalue weighted by atomic mass is 19.1. The molecule has 0 bridgehead atoms. The lowest BCUT2D eigenvalue weighted by molar-refractivity contribution is -0.117. The number of hydrogen-bond acceptors (Lipinski definition) is 4. The number of anilines is 1. The first kappa shape index (κ1) is 18.7. The van der Waals surface area contributed by atoms with Crippen LogP contribution in [0.25, 0.3) is 0 Å². The highest BCUT2D eigenvalue weighted by molar-refractivity contribution is 5.92. The van der Waals surface area contributed by atoms with Crippen LogP contribution < -0.4 is 14.8 Å². The lowest BCUT2D eigenvalue weighted by Crippen LogP contribution is -2.33. The second-order valence-corrected chi connectivity index (χ2v) is 7.06. The van der Waals surface area contributed by atoms with Crippen molar-refractivity contribution in [1.82, 2.24) is 4.90 Å². The summed E-state index contributed by atoms with van der Waals surface area (Å²) in [5, 5.41) is 2.47. The van der Waals surface area contributed by atoms with Crippen LogP contribution in [-0.2, 0) is 4.79 Å². The average Bonchev–Trinajstić information content (AvgIpc) is 3.00. The highest BCUT2D eigenvalue weighted by Crippen LogP contribution is 2.37. The number of nitrogens with zero attached hydrogens (tertiary/aromatic N) is 1. The molecule has 5 nitrogen and oxygen atoms in total. The van der Waals surface area contributed by atoms with Gasteiger partial charge in [0.2, 0.25) is 5.91 Å². The summed E-state index contributed by atoms with van der Waals surface area (Å²) in [5.41, 5.74) is 0.919. The van der Waals surface area contributed by atoms with Crippen LogP contribution in [0.2, 0.25) is 0 Å². The van der Waals surface area contributed by atoms with E-state index >= 15 is 0 Å². The Bertz CT molecular complexity index is 875. The molecule has 4 rings (SSSR count). The molecule has 7 heteroatoms. The lowest BCUT2D eigenvalue weighted by atomic mass is 10.0. The van der Waals surface area contributed by atoms with E-state index in [1.165, 1.54) is 0 Å². The van der Waals surface area contributed by atoms with Gasteiger partial charge in [-0.25, -0.2) is 8.78 Å². The van der Waals surface area contributed by atoms with Crippen molar-refractivity contribution in [3.05, 3.63) is 53.6 Å². The Kier molecular flexibility index (Phi) is 5.43. The predicted molar refractivity (Wildman–Crippen MR) is 101 cm³/mol. The summed E-state index contributed by atoms with van der Waals surface area (Å²) in [6.07, 6.45) is 2.72.